The molecule has 0 spiro atoms. The van der Waals surface area contributed by atoms with Crippen molar-refractivity contribution in [3.63, 3.8) is 0 Å². The number of fused-ring (bicyclic) bond motifs is 6. The lowest BCUT2D eigenvalue weighted by molar-refractivity contribution is 0.591. The first kappa shape index (κ1) is 16.1. The van der Waals surface area contributed by atoms with Gasteiger partial charge in [0.15, 0.2) is 0 Å². The average molecular weight is 442 g/mol. The molecule has 0 saturated carbocycles. The monoisotopic (exact) mass is 440 g/mol. The van der Waals surface area contributed by atoms with E-state index in [2.05, 4.69) is 107 Å². The number of hydrogen-bond acceptors (Lipinski definition) is 0. The average Bonchev–Trinajstić information content (AvgIpc) is 2.56. The van der Waals surface area contributed by atoms with Crippen molar-refractivity contribution in [2.45, 2.75) is 26.2 Å². The third kappa shape index (κ3) is 2.39. The van der Waals surface area contributed by atoms with E-state index in [4.69, 9.17) is 0 Å². The van der Waals surface area contributed by atoms with Crippen molar-refractivity contribution in [1.82, 2.24) is 0 Å². The van der Waals surface area contributed by atoms with E-state index in [1.165, 1.54) is 37.9 Å². The first-order valence-electron chi connectivity index (χ1n) is 8.10. The van der Waals surface area contributed by atoms with Crippen molar-refractivity contribution in [1.29, 1.82) is 0 Å². The van der Waals surface area contributed by atoms with Crippen LogP contribution in [0.25, 0.3) is 32.3 Å². The standard InChI is InChI=1S/C22H18Br2/c1-22(2,3)13-8-9-16-17(12-13)14-6-4-5-7-15(14)20-18(23)10-11-19(24)21(16)20/h4-12H,1-3H3. The molecule has 120 valence electrons. The molecule has 0 heterocycles. The van der Waals surface area contributed by atoms with Gasteiger partial charge in [0.2, 0.25) is 0 Å². The lowest BCUT2D eigenvalue weighted by Crippen LogP contribution is -2.10. The van der Waals surface area contributed by atoms with E-state index in [0.29, 0.717) is 0 Å². The summed E-state index contributed by atoms with van der Waals surface area (Å²) in [6.45, 7) is 6.80. The zero-order chi connectivity index (χ0) is 17.1. The van der Waals surface area contributed by atoms with Crippen LogP contribution in [-0.2, 0) is 5.41 Å². The molecule has 4 rings (SSSR count). The number of hydrogen-bond donors (Lipinski definition) is 0. The quantitative estimate of drug-likeness (QED) is 0.242. The van der Waals surface area contributed by atoms with Crippen LogP contribution in [0.2, 0.25) is 0 Å². The molecule has 0 aliphatic rings. The van der Waals surface area contributed by atoms with Crippen LogP contribution in [0, 0.1) is 0 Å². The molecule has 0 aromatic heterocycles. The van der Waals surface area contributed by atoms with E-state index in [-0.39, 0.29) is 5.41 Å². The summed E-state index contributed by atoms with van der Waals surface area (Å²) >= 11 is 7.54. The number of halogens is 2. The Kier molecular flexibility index (Phi) is 3.74. The van der Waals surface area contributed by atoms with Gasteiger partial charge in [0.1, 0.15) is 0 Å². The predicted molar refractivity (Wildman–Crippen MR) is 113 cm³/mol. The molecule has 0 unspecified atom stereocenters. The lowest BCUT2D eigenvalue weighted by Gasteiger charge is -2.21. The first-order chi connectivity index (χ1) is 11.4. The van der Waals surface area contributed by atoms with Gasteiger partial charge in [-0.15, -0.1) is 0 Å². The number of benzene rings is 4. The van der Waals surface area contributed by atoms with Gasteiger partial charge in [0.25, 0.3) is 0 Å². The molecule has 0 atom stereocenters. The minimum absolute atomic E-state index is 0.138. The minimum atomic E-state index is 0.138. The summed E-state index contributed by atoms with van der Waals surface area (Å²) in [7, 11) is 0. The Morgan fingerprint density at radius 3 is 1.75 bits per heavy atom. The molecular weight excluding hydrogens is 424 g/mol. The van der Waals surface area contributed by atoms with Gasteiger partial charge in [-0.25, -0.2) is 0 Å². The molecular formula is C22H18Br2. The lowest BCUT2D eigenvalue weighted by atomic mass is 9.84. The van der Waals surface area contributed by atoms with Gasteiger partial charge in [-0.3, -0.25) is 0 Å². The maximum absolute atomic E-state index is 3.78. The van der Waals surface area contributed by atoms with Crippen LogP contribution in [0.3, 0.4) is 0 Å². The topological polar surface area (TPSA) is 0 Å². The van der Waals surface area contributed by atoms with E-state index in [9.17, 15) is 0 Å². The maximum atomic E-state index is 3.78. The Labute approximate surface area is 159 Å². The summed E-state index contributed by atoms with van der Waals surface area (Å²) in [4.78, 5) is 0. The Morgan fingerprint density at radius 1 is 0.625 bits per heavy atom. The Hall–Kier alpha value is -1.38. The Morgan fingerprint density at radius 2 is 1.17 bits per heavy atom. The van der Waals surface area contributed by atoms with Crippen molar-refractivity contribution in [3.05, 3.63) is 69.1 Å². The van der Waals surface area contributed by atoms with Crippen molar-refractivity contribution in [2.24, 2.45) is 0 Å². The zero-order valence-corrected chi connectivity index (χ0v) is 17.1. The van der Waals surface area contributed by atoms with Gasteiger partial charge in [0.05, 0.1) is 0 Å². The molecule has 0 bridgehead atoms. The molecule has 0 fully saturated rings. The molecule has 4 aromatic carbocycles. The van der Waals surface area contributed by atoms with Crippen LogP contribution in [0.1, 0.15) is 26.3 Å². The molecule has 0 saturated heterocycles. The van der Waals surface area contributed by atoms with E-state index in [1.807, 2.05) is 0 Å². The highest BCUT2D eigenvalue weighted by molar-refractivity contribution is 9.11. The van der Waals surface area contributed by atoms with Crippen LogP contribution in [-0.4, -0.2) is 0 Å². The molecule has 0 aliphatic heterocycles. The van der Waals surface area contributed by atoms with Crippen molar-refractivity contribution >= 4 is 64.2 Å². The summed E-state index contributed by atoms with van der Waals surface area (Å²) in [5.74, 6) is 0. The summed E-state index contributed by atoms with van der Waals surface area (Å²) in [5.41, 5.74) is 1.50. The van der Waals surface area contributed by atoms with Crippen LogP contribution < -0.4 is 0 Å². The second-order valence-electron chi connectivity index (χ2n) is 7.34. The maximum Gasteiger partial charge on any atom is 0.0261 e. The summed E-state index contributed by atoms with van der Waals surface area (Å²) in [6.07, 6.45) is 0. The second-order valence-corrected chi connectivity index (χ2v) is 9.04. The van der Waals surface area contributed by atoms with Crippen molar-refractivity contribution < 1.29 is 0 Å². The molecule has 0 aliphatic carbocycles. The summed E-state index contributed by atoms with van der Waals surface area (Å²) in [6, 6.07) is 19.9. The Bertz CT molecular complexity index is 1100. The molecule has 4 aromatic rings. The normalized spacial score (nSPS) is 12.4. The molecule has 0 N–H and O–H groups in total. The SMILES string of the molecule is CC(C)(C)c1ccc2c(c1)c1ccccc1c1c(Br)ccc(Br)c21. The fraction of sp³-hybridized carbons (Fsp3) is 0.182. The predicted octanol–water partition coefficient (Wildman–Crippen LogP) is 7.97. The van der Waals surface area contributed by atoms with E-state index < -0.39 is 0 Å². The van der Waals surface area contributed by atoms with Crippen molar-refractivity contribution in [3.8, 4) is 0 Å². The van der Waals surface area contributed by atoms with Gasteiger partial charge in [-0.2, -0.15) is 0 Å². The third-order valence-electron chi connectivity index (χ3n) is 4.75. The van der Waals surface area contributed by atoms with Crippen LogP contribution in [0.5, 0.6) is 0 Å². The van der Waals surface area contributed by atoms with Crippen LogP contribution in [0.4, 0.5) is 0 Å². The van der Waals surface area contributed by atoms with Gasteiger partial charge in [0, 0.05) is 19.7 Å². The third-order valence-corrected chi connectivity index (χ3v) is 6.07. The largest absolute Gasteiger partial charge is 0.0616 e. The highest BCUT2D eigenvalue weighted by atomic mass is 79.9. The summed E-state index contributed by atoms with van der Waals surface area (Å²) in [5, 5.41) is 7.77. The molecule has 0 nitrogen and oxygen atoms in total. The fourth-order valence-corrected chi connectivity index (χ4v) is 4.55. The Balaban J connectivity index is 2.33. The molecule has 2 heteroatoms. The van der Waals surface area contributed by atoms with E-state index in [1.54, 1.807) is 0 Å². The fourth-order valence-electron chi connectivity index (χ4n) is 3.47. The highest BCUT2D eigenvalue weighted by Crippen LogP contribution is 2.42. The molecule has 24 heavy (non-hydrogen) atoms. The van der Waals surface area contributed by atoms with Crippen LogP contribution in [0.15, 0.2) is 63.5 Å². The minimum Gasteiger partial charge on any atom is -0.0616 e. The van der Waals surface area contributed by atoms with Gasteiger partial charge >= 0.3 is 0 Å². The second kappa shape index (κ2) is 5.57. The molecule has 0 amide bonds. The zero-order valence-electron chi connectivity index (χ0n) is 14.0. The van der Waals surface area contributed by atoms with Crippen molar-refractivity contribution in [2.75, 3.05) is 0 Å². The van der Waals surface area contributed by atoms with Crippen LogP contribution >= 0.6 is 31.9 Å². The van der Waals surface area contributed by atoms with Gasteiger partial charge in [-0.1, -0.05) is 89.0 Å². The summed E-state index contributed by atoms with van der Waals surface area (Å²) < 4.78 is 2.28. The number of rotatable bonds is 0. The molecule has 0 radical (unpaired) electrons. The van der Waals surface area contributed by atoms with E-state index in [0.717, 1.165) is 8.95 Å². The van der Waals surface area contributed by atoms with Gasteiger partial charge < -0.3 is 0 Å². The first-order valence-corrected chi connectivity index (χ1v) is 9.69. The van der Waals surface area contributed by atoms with E-state index >= 15 is 0 Å². The van der Waals surface area contributed by atoms with Gasteiger partial charge in [-0.05, 0) is 50.7 Å². The smallest absolute Gasteiger partial charge is 0.0261 e. The highest BCUT2D eigenvalue weighted by Gasteiger charge is 2.17.